The highest BCUT2D eigenvalue weighted by atomic mass is 32.2. The van der Waals surface area contributed by atoms with Crippen molar-refractivity contribution >= 4 is 28.1 Å². The van der Waals surface area contributed by atoms with Gasteiger partial charge in [0.15, 0.2) is 0 Å². The zero-order chi connectivity index (χ0) is 14.3. The summed E-state index contributed by atoms with van der Waals surface area (Å²) in [7, 11) is -3.96. The molecular weight excluding hydrogens is 272 g/mol. The molecule has 7 nitrogen and oxygen atoms in total. The molecule has 0 unspecified atom stereocenters. The van der Waals surface area contributed by atoms with Crippen LogP contribution in [0.15, 0.2) is 35.7 Å². The number of nitrogens with one attached hydrogen (secondary N) is 2. The lowest BCUT2D eigenvalue weighted by atomic mass is 10.2. The van der Waals surface area contributed by atoms with E-state index in [4.69, 9.17) is 5.11 Å². The number of hydrogen-bond acceptors (Lipinski definition) is 4. The summed E-state index contributed by atoms with van der Waals surface area (Å²) < 4.78 is 24.6. The van der Waals surface area contributed by atoms with Crippen molar-refractivity contribution in [3.05, 3.63) is 41.3 Å². The molecule has 102 valence electrons. The molecule has 0 spiro atoms. The first-order chi connectivity index (χ1) is 8.89. The summed E-state index contributed by atoms with van der Waals surface area (Å²) in [6.45, 7) is -0.663. The predicted molar refractivity (Wildman–Crippen MR) is 68.6 cm³/mol. The van der Waals surface area contributed by atoms with Crippen molar-refractivity contribution in [3.63, 3.8) is 0 Å². The third-order valence-corrected chi connectivity index (χ3v) is 2.84. The number of sulfonamides is 1. The Hall–Kier alpha value is -2.35. The van der Waals surface area contributed by atoms with Crippen LogP contribution in [0.5, 0.6) is 0 Å². The first kappa shape index (κ1) is 14.7. The molecule has 0 fully saturated rings. The Labute approximate surface area is 110 Å². The van der Waals surface area contributed by atoms with Gasteiger partial charge in [-0.05, 0) is 11.6 Å². The molecule has 1 rings (SSSR count). The van der Waals surface area contributed by atoms with E-state index in [-0.39, 0.29) is 0 Å². The Morgan fingerprint density at radius 2 is 1.84 bits per heavy atom. The molecule has 0 aromatic heterocycles. The molecule has 1 aromatic rings. The lowest BCUT2D eigenvalue weighted by Crippen LogP contribution is -2.40. The monoisotopic (exact) mass is 284 g/mol. The van der Waals surface area contributed by atoms with E-state index >= 15 is 0 Å². The molecule has 0 heterocycles. The van der Waals surface area contributed by atoms with Crippen LogP contribution in [0.4, 0.5) is 4.79 Å². The van der Waals surface area contributed by atoms with E-state index in [9.17, 15) is 18.0 Å². The molecule has 3 N–H and O–H groups in total. The van der Waals surface area contributed by atoms with Gasteiger partial charge in [-0.1, -0.05) is 30.3 Å². The van der Waals surface area contributed by atoms with Crippen molar-refractivity contribution < 1.29 is 23.1 Å². The molecule has 0 aliphatic carbocycles. The molecule has 0 saturated heterocycles. The first-order valence-corrected chi connectivity index (χ1v) is 6.69. The fourth-order valence-corrected chi connectivity index (χ4v) is 1.82. The zero-order valence-electron chi connectivity index (χ0n) is 9.74. The van der Waals surface area contributed by atoms with Crippen molar-refractivity contribution in [2.24, 2.45) is 0 Å². The minimum absolute atomic E-state index is 0.652. The number of carbonyl (C=O) groups is 2. The molecule has 0 radical (unpaired) electrons. The third-order valence-electron chi connectivity index (χ3n) is 1.87. The summed E-state index contributed by atoms with van der Waals surface area (Å²) in [5, 5.41) is 11.0. The second kappa shape index (κ2) is 6.55. The normalized spacial score (nSPS) is 11.2. The maximum atomic E-state index is 11.5. The average molecular weight is 284 g/mol. The molecular formula is C11H12N2O5S. The van der Waals surface area contributed by atoms with Crippen molar-refractivity contribution in [1.29, 1.82) is 0 Å². The molecule has 2 amide bonds. The molecule has 0 aliphatic heterocycles. The molecule has 19 heavy (non-hydrogen) atoms. The summed E-state index contributed by atoms with van der Waals surface area (Å²) in [5.74, 6) is -1.27. The molecule has 0 saturated carbocycles. The Balaban J connectivity index is 2.59. The zero-order valence-corrected chi connectivity index (χ0v) is 10.6. The highest BCUT2D eigenvalue weighted by Crippen LogP contribution is 2.02. The van der Waals surface area contributed by atoms with Crippen molar-refractivity contribution in [2.75, 3.05) is 6.54 Å². The van der Waals surface area contributed by atoms with Gasteiger partial charge >= 0.3 is 12.0 Å². The summed E-state index contributed by atoms with van der Waals surface area (Å²) in [6, 6.07) is 7.54. The molecule has 0 aliphatic rings. The molecule has 8 heteroatoms. The summed E-state index contributed by atoms with van der Waals surface area (Å²) in [4.78, 5) is 21.2. The number of hydrogen-bond donors (Lipinski definition) is 3. The van der Waals surface area contributed by atoms with Gasteiger partial charge in [-0.3, -0.25) is 4.79 Å². The maximum absolute atomic E-state index is 11.5. The standard InChI is InChI=1S/C11H12N2O5S/c14-10(15)8-12-11(16)13-19(17,18)7-6-9-4-2-1-3-5-9/h1-7H,8H2,(H,14,15)(H2,12,13,16). The number of rotatable bonds is 5. The van der Waals surface area contributed by atoms with E-state index in [1.54, 1.807) is 35.1 Å². The predicted octanol–water partition coefficient (Wildman–Crippen LogP) is 0.371. The molecule has 0 bridgehead atoms. The van der Waals surface area contributed by atoms with E-state index in [1.165, 1.54) is 6.08 Å². The van der Waals surface area contributed by atoms with Gasteiger partial charge in [0.1, 0.15) is 6.54 Å². The van der Waals surface area contributed by atoms with Crippen LogP contribution in [0.25, 0.3) is 6.08 Å². The molecule has 0 atom stereocenters. The van der Waals surface area contributed by atoms with E-state index in [2.05, 4.69) is 0 Å². The Kier molecular flexibility index (Phi) is 5.07. The third kappa shape index (κ3) is 6.22. The fraction of sp³-hybridized carbons (Fsp3) is 0.0909. The Morgan fingerprint density at radius 3 is 2.42 bits per heavy atom. The van der Waals surface area contributed by atoms with Crippen molar-refractivity contribution in [3.8, 4) is 0 Å². The van der Waals surface area contributed by atoms with Crippen LogP contribution >= 0.6 is 0 Å². The lowest BCUT2D eigenvalue weighted by molar-refractivity contribution is -0.135. The minimum atomic E-state index is -3.96. The van der Waals surface area contributed by atoms with Gasteiger partial charge < -0.3 is 10.4 Å². The SMILES string of the molecule is O=C(O)CNC(=O)NS(=O)(=O)C=Cc1ccccc1. The van der Waals surface area contributed by atoms with Crippen LogP contribution in [-0.2, 0) is 14.8 Å². The molecule has 1 aromatic carbocycles. The number of aliphatic carboxylic acids is 1. The highest BCUT2D eigenvalue weighted by Gasteiger charge is 2.11. The van der Waals surface area contributed by atoms with Crippen molar-refractivity contribution in [1.82, 2.24) is 10.0 Å². The van der Waals surface area contributed by atoms with E-state index in [1.807, 2.05) is 5.32 Å². The smallest absolute Gasteiger partial charge is 0.329 e. The van der Waals surface area contributed by atoms with E-state index in [0.717, 1.165) is 5.41 Å². The lowest BCUT2D eigenvalue weighted by Gasteiger charge is -2.03. The number of urea groups is 1. The highest BCUT2D eigenvalue weighted by molar-refractivity contribution is 7.93. The largest absolute Gasteiger partial charge is 0.480 e. The van der Waals surface area contributed by atoms with Gasteiger partial charge in [-0.25, -0.2) is 17.9 Å². The second-order valence-electron chi connectivity index (χ2n) is 3.44. The van der Waals surface area contributed by atoms with Crippen LogP contribution in [0.3, 0.4) is 0 Å². The first-order valence-electron chi connectivity index (χ1n) is 5.14. The quantitative estimate of drug-likeness (QED) is 0.723. The number of benzene rings is 1. The van der Waals surface area contributed by atoms with Crippen LogP contribution in [0.2, 0.25) is 0 Å². The van der Waals surface area contributed by atoms with Crippen LogP contribution in [0, 0.1) is 0 Å². The Bertz CT molecular complexity index is 580. The van der Waals surface area contributed by atoms with Gasteiger partial charge in [0.2, 0.25) is 0 Å². The van der Waals surface area contributed by atoms with Crippen LogP contribution in [0.1, 0.15) is 5.56 Å². The summed E-state index contributed by atoms with van der Waals surface area (Å²) in [5.41, 5.74) is 0.652. The maximum Gasteiger partial charge on any atom is 0.329 e. The topological polar surface area (TPSA) is 113 Å². The number of carboxylic acids is 1. The van der Waals surface area contributed by atoms with Crippen LogP contribution < -0.4 is 10.0 Å². The minimum Gasteiger partial charge on any atom is -0.480 e. The van der Waals surface area contributed by atoms with Gasteiger partial charge in [0.05, 0.1) is 5.41 Å². The second-order valence-corrected chi connectivity index (χ2v) is 5.00. The number of amides is 2. The number of carbonyl (C=O) groups excluding carboxylic acids is 1. The van der Waals surface area contributed by atoms with Crippen LogP contribution in [-0.4, -0.2) is 32.1 Å². The average Bonchev–Trinajstić information content (AvgIpc) is 2.35. The van der Waals surface area contributed by atoms with E-state index in [0.29, 0.717) is 5.56 Å². The Morgan fingerprint density at radius 1 is 1.21 bits per heavy atom. The summed E-state index contributed by atoms with van der Waals surface area (Å²) in [6.07, 6.45) is 1.31. The summed E-state index contributed by atoms with van der Waals surface area (Å²) >= 11 is 0. The van der Waals surface area contributed by atoms with Crippen molar-refractivity contribution in [2.45, 2.75) is 0 Å². The van der Waals surface area contributed by atoms with Gasteiger partial charge in [0, 0.05) is 0 Å². The van der Waals surface area contributed by atoms with Gasteiger partial charge in [0.25, 0.3) is 10.0 Å². The fourth-order valence-electron chi connectivity index (χ4n) is 1.09. The van der Waals surface area contributed by atoms with Gasteiger partial charge in [-0.2, -0.15) is 0 Å². The van der Waals surface area contributed by atoms with E-state index < -0.39 is 28.6 Å². The van der Waals surface area contributed by atoms with Gasteiger partial charge in [-0.15, -0.1) is 0 Å². The number of carboxylic acid groups (broad SMARTS) is 1.